The minimum absolute atomic E-state index is 0.00463. The number of amides is 1. The molecule has 0 spiro atoms. The molecule has 0 radical (unpaired) electrons. The Morgan fingerprint density at radius 2 is 1.91 bits per heavy atom. The summed E-state index contributed by atoms with van der Waals surface area (Å²) in [7, 11) is 0. The van der Waals surface area contributed by atoms with Crippen LogP contribution >= 0.6 is 0 Å². The molecule has 35 heavy (non-hydrogen) atoms. The molecule has 1 aliphatic carbocycles. The number of morpholine rings is 1. The number of anilines is 2. The van der Waals surface area contributed by atoms with E-state index in [0.29, 0.717) is 50.2 Å². The highest BCUT2D eigenvalue weighted by Gasteiger charge is 2.30. The second-order valence-corrected chi connectivity index (χ2v) is 9.20. The smallest absolute Gasteiger partial charge is 0.343 e. The molecule has 1 saturated carbocycles. The van der Waals surface area contributed by atoms with E-state index in [1.807, 2.05) is 0 Å². The van der Waals surface area contributed by atoms with Gasteiger partial charge in [-0.1, -0.05) is 0 Å². The average molecular weight is 486 g/mol. The maximum absolute atomic E-state index is 12.5. The zero-order valence-corrected chi connectivity index (χ0v) is 20.4. The van der Waals surface area contributed by atoms with E-state index in [1.165, 1.54) is 0 Å². The first-order valence-corrected chi connectivity index (χ1v) is 12.6. The lowest BCUT2D eigenvalue weighted by Gasteiger charge is -2.31. The Bertz CT molecular complexity index is 923. The third kappa shape index (κ3) is 6.38. The molecule has 0 bridgehead atoms. The van der Waals surface area contributed by atoms with Gasteiger partial charge in [0.05, 0.1) is 32.4 Å². The van der Waals surface area contributed by atoms with Crippen LogP contribution in [0.3, 0.4) is 0 Å². The Kier molecular flexibility index (Phi) is 8.71. The van der Waals surface area contributed by atoms with Gasteiger partial charge in [-0.25, -0.2) is 9.78 Å². The number of hydrogen-bond acceptors (Lipinski definition) is 10. The van der Waals surface area contributed by atoms with E-state index >= 15 is 0 Å². The predicted molar refractivity (Wildman–Crippen MR) is 129 cm³/mol. The van der Waals surface area contributed by atoms with Crippen LogP contribution in [0.15, 0.2) is 6.20 Å². The van der Waals surface area contributed by atoms with Crippen molar-refractivity contribution >= 4 is 23.6 Å². The summed E-state index contributed by atoms with van der Waals surface area (Å²) in [4.78, 5) is 37.9. The van der Waals surface area contributed by atoms with E-state index in [2.05, 4.69) is 31.6 Å². The van der Waals surface area contributed by atoms with Crippen molar-refractivity contribution in [2.75, 3.05) is 56.2 Å². The fraction of sp³-hybridized carbons (Fsp3) is 0.708. The molecule has 0 aromatic carbocycles. The zero-order chi connectivity index (χ0) is 24.6. The number of nitrogens with one attached hydrogen (secondary N) is 2. The number of nitrogens with zero attached hydrogens (tertiary/aromatic N) is 5. The van der Waals surface area contributed by atoms with Gasteiger partial charge in [0, 0.05) is 37.9 Å². The lowest BCUT2D eigenvalue weighted by Crippen LogP contribution is -2.45. The Morgan fingerprint density at radius 3 is 2.63 bits per heavy atom. The first-order valence-electron chi connectivity index (χ1n) is 12.6. The molecule has 190 valence electrons. The van der Waals surface area contributed by atoms with Crippen molar-refractivity contribution in [3.63, 3.8) is 0 Å². The molecule has 1 aromatic rings. The van der Waals surface area contributed by atoms with E-state index in [1.54, 1.807) is 18.0 Å². The molecule has 11 heteroatoms. The standard InChI is InChI=1S/C24H35N7O4/c1-2-35-23(33)20-15-27-24(30-10-12-34-13-11-30)29-22(20)28-18-7-5-17(6-8-18)26-16-21(32)31-9-3-4-19(31)14-25/h15,17-19,26H,2-13,16H2,1H3,(H,27,28,29)/t17?,18?,19-/m0/s1. The SMILES string of the molecule is CCOC(=O)c1cnc(N2CCOCC2)nc1NC1CCC(NCC(=O)N2CCC[C@H]2C#N)CC1. The van der Waals surface area contributed by atoms with E-state index in [0.717, 1.165) is 38.5 Å². The molecule has 1 atom stereocenters. The van der Waals surface area contributed by atoms with Gasteiger partial charge >= 0.3 is 5.97 Å². The maximum atomic E-state index is 12.5. The van der Waals surface area contributed by atoms with Crippen LogP contribution in [-0.4, -0.2) is 90.9 Å². The summed E-state index contributed by atoms with van der Waals surface area (Å²) in [5.74, 6) is 0.651. The van der Waals surface area contributed by atoms with Crippen LogP contribution in [0, 0.1) is 11.3 Å². The summed E-state index contributed by atoms with van der Waals surface area (Å²) in [6.45, 7) is 5.66. The molecule has 2 N–H and O–H groups in total. The van der Waals surface area contributed by atoms with Gasteiger partial charge < -0.3 is 29.9 Å². The van der Waals surface area contributed by atoms with Gasteiger partial charge in [-0.3, -0.25) is 4.79 Å². The van der Waals surface area contributed by atoms with E-state index < -0.39 is 5.97 Å². The number of ether oxygens (including phenoxy) is 2. The first-order chi connectivity index (χ1) is 17.1. The molecular weight excluding hydrogens is 450 g/mol. The molecule has 3 fully saturated rings. The van der Waals surface area contributed by atoms with Crippen molar-refractivity contribution in [1.82, 2.24) is 20.2 Å². The molecule has 3 heterocycles. The summed E-state index contributed by atoms with van der Waals surface area (Å²) in [6.07, 6.45) is 6.79. The van der Waals surface area contributed by atoms with Crippen LogP contribution in [0.2, 0.25) is 0 Å². The first kappa shape index (κ1) is 25.1. The summed E-state index contributed by atoms with van der Waals surface area (Å²) in [6, 6.07) is 2.35. The lowest BCUT2D eigenvalue weighted by atomic mass is 9.91. The number of nitriles is 1. The number of carbonyl (C=O) groups excluding carboxylic acids is 2. The van der Waals surface area contributed by atoms with E-state index in [9.17, 15) is 14.9 Å². The molecule has 2 aliphatic heterocycles. The summed E-state index contributed by atoms with van der Waals surface area (Å²) in [5.41, 5.74) is 0.340. The monoisotopic (exact) mass is 485 g/mol. The Hall–Kier alpha value is -2.97. The molecule has 11 nitrogen and oxygen atoms in total. The quantitative estimate of drug-likeness (QED) is 0.519. The van der Waals surface area contributed by atoms with Gasteiger partial charge in [0.2, 0.25) is 11.9 Å². The Balaban J connectivity index is 1.33. The van der Waals surface area contributed by atoms with Gasteiger partial charge in [0.15, 0.2) is 0 Å². The number of rotatable bonds is 8. The average Bonchev–Trinajstić information content (AvgIpc) is 3.38. The Morgan fingerprint density at radius 1 is 1.17 bits per heavy atom. The van der Waals surface area contributed by atoms with Gasteiger partial charge in [-0.2, -0.15) is 10.2 Å². The number of likely N-dealkylation sites (tertiary alicyclic amines) is 1. The second-order valence-electron chi connectivity index (χ2n) is 9.20. The van der Waals surface area contributed by atoms with Gasteiger partial charge in [0.1, 0.15) is 17.4 Å². The molecule has 3 aliphatic rings. The van der Waals surface area contributed by atoms with Gasteiger partial charge in [-0.05, 0) is 45.4 Å². The van der Waals surface area contributed by atoms with Crippen molar-refractivity contribution in [3.8, 4) is 6.07 Å². The second kappa shape index (κ2) is 12.1. The predicted octanol–water partition coefficient (Wildman–Crippen LogP) is 1.32. The number of hydrogen-bond donors (Lipinski definition) is 2. The number of carbonyl (C=O) groups is 2. The van der Waals surface area contributed by atoms with E-state index in [4.69, 9.17) is 9.47 Å². The minimum atomic E-state index is -0.435. The van der Waals surface area contributed by atoms with Crippen molar-refractivity contribution in [1.29, 1.82) is 5.26 Å². The van der Waals surface area contributed by atoms with Crippen LogP contribution in [0.1, 0.15) is 55.8 Å². The fourth-order valence-corrected chi connectivity index (χ4v) is 4.92. The molecule has 1 amide bonds. The van der Waals surface area contributed by atoms with Crippen LogP contribution in [0.5, 0.6) is 0 Å². The molecule has 0 unspecified atom stereocenters. The molecule has 1 aromatic heterocycles. The molecule has 2 saturated heterocycles. The minimum Gasteiger partial charge on any atom is -0.462 e. The van der Waals surface area contributed by atoms with Crippen molar-refractivity contribution in [2.45, 2.75) is 63.6 Å². The van der Waals surface area contributed by atoms with Crippen molar-refractivity contribution in [2.24, 2.45) is 0 Å². The molecular formula is C24H35N7O4. The largest absolute Gasteiger partial charge is 0.462 e. The van der Waals surface area contributed by atoms with Crippen LogP contribution in [0.4, 0.5) is 11.8 Å². The maximum Gasteiger partial charge on any atom is 0.343 e. The summed E-state index contributed by atoms with van der Waals surface area (Å²) >= 11 is 0. The van der Waals surface area contributed by atoms with Crippen molar-refractivity contribution < 1.29 is 19.1 Å². The third-order valence-electron chi connectivity index (χ3n) is 6.90. The highest BCUT2D eigenvalue weighted by molar-refractivity contribution is 5.94. The normalized spacial score (nSPS) is 24.6. The van der Waals surface area contributed by atoms with Crippen LogP contribution < -0.4 is 15.5 Å². The van der Waals surface area contributed by atoms with Gasteiger partial charge in [-0.15, -0.1) is 0 Å². The van der Waals surface area contributed by atoms with Crippen LogP contribution in [0.25, 0.3) is 0 Å². The highest BCUT2D eigenvalue weighted by Crippen LogP contribution is 2.25. The molecule has 4 rings (SSSR count). The Labute approximate surface area is 206 Å². The summed E-state index contributed by atoms with van der Waals surface area (Å²) in [5, 5.41) is 16.1. The van der Waals surface area contributed by atoms with E-state index in [-0.39, 0.29) is 37.2 Å². The highest BCUT2D eigenvalue weighted by atomic mass is 16.5. The van der Waals surface area contributed by atoms with Gasteiger partial charge in [0.25, 0.3) is 0 Å². The zero-order valence-electron chi connectivity index (χ0n) is 20.4. The summed E-state index contributed by atoms with van der Waals surface area (Å²) < 4.78 is 10.6. The number of aromatic nitrogens is 2. The van der Waals surface area contributed by atoms with Crippen molar-refractivity contribution in [3.05, 3.63) is 11.8 Å². The fourth-order valence-electron chi connectivity index (χ4n) is 4.92. The number of esters is 1. The van der Waals surface area contributed by atoms with Crippen LogP contribution in [-0.2, 0) is 14.3 Å². The third-order valence-corrected chi connectivity index (χ3v) is 6.90. The topological polar surface area (TPSA) is 133 Å². The lowest BCUT2D eigenvalue weighted by molar-refractivity contribution is -0.130.